The Bertz CT molecular complexity index is 1860. The monoisotopic (exact) mass is 738 g/mol. The number of para-hydroxylation sites is 2. The lowest BCUT2D eigenvalue weighted by molar-refractivity contribution is -0.150. The van der Waals surface area contributed by atoms with E-state index in [1.165, 1.54) is 12.5 Å². The molecule has 3 N–H and O–H groups in total. The van der Waals surface area contributed by atoms with Crippen molar-refractivity contribution in [3.8, 4) is 5.75 Å². The van der Waals surface area contributed by atoms with E-state index in [2.05, 4.69) is 59.5 Å². The summed E-state index contributed by atoms with van der Waals surface area (Å²) in [5, 5.41) is 18.0. The van der Waals surface area contributed by atoms with Gasteiger partial charge >= 0.3 is 0 Å². The molecule has 4 atom stereocenters. The molecule has 1 saturated carbocycles. The fraction of sp³-hybridized carbons (Fsp3) is 0.357. The fourth-order valence-electron chi connectivity index (χ4n) is 6.96. The van der Waals surface area contributed by atoms with Crippen LogP contribution in [0.15, 0.2) is 95.5 Å². The highest BCUT2D eigenvalue weighted by molar-refractivity contribution is 9.10. The molecule has 0 bridgehead atoms. The number of hydrogen-bond donors (Lipinski definition) is 3. The van der Waals surface area contributed by atoms with E-state index in [1.54, 1.807) is 18.2 Å². The van der Waals surface area contributed by atoms with Crippen molar-refractivity contribution in [1.82, 2.24) is 0 Å². The van der Waals surface area contributed by atoms with Gasteiger partial charge in [0, 0.05) is 33.7 Å². The van der Waals surface area contributed by atoms with Gasteiger partial charge in [-0.1, -0.05) is 111 Å². The van der Waals surface area contributed by atoms with Gasteiger partial charge in [0.25, 0.3) is 0 Å². The second-order valence-electron chi connectivity index (χ2n) is 14.4. The number of benzene rings is 4. The molecule has 8 heteroatoms. The zero-order chi connectivity index (χ0) is 36.2. The predicted molar refractivity (Wildman–Crippen MR) is 202 cm³/mol. The van der Waals surface area contributed by atoms with E-state index in [9.17, 15) is 19.5 Å². The zero-order valence-corrected chi connectivity index (χ0v) is 31.3. The lowest BCUT2D eigenvalue weighted by atomic mass is 9.61. The van der Waals surface area contributed by atoms with E-state index >= 15 is 0 Å². The van der Waals surface area contributed by atoms with Crippen LogP contribution in [-0.2, 0) is 39.2 Å². The van der Waals surface area contributed by atoms with Crippen LogP contribution in [0.3, 0.4) is 0 Å². The van der Waals surface area contributed by atoms with Gasteiger partial charge < -0.3 is 20.5 Å². The third kappa shape index (κ3) is 8.19. The third-order valence-corrected chi connectivity index (χ3v) is 10.2. The lowest BCUT2D eigenvalue weighted by Crippen LogP contribution is -2.56. The van der Waals surface area contributed by atoms with Crippen molar-refractivity contribution in [3.05, 3.63) is 123 Å². The number of anilines is 2. The van der Waals surface area contributed by atoms with Crippen molar-refractivity contribution >= 4 is 44.9 Å². The molecule has 0 heterocycles. The van der Waals surface area contributed by atoms with Gasteiger partial charge in [-0.2, -0.15) is 0 Å². The van der Waals surface area contributed by atoms with Gasteiger partial charge in [0.2, 0.25) is 11.8 Å². The third-order valence-electron chi connectivity index (χ3n) is 9.69. The molecule has 4 aromatic rings. The maximum absolute atomic E-state index is 14.5. The molecule has 4 unspecified atom stereocenters. The molecule has 262 valence electrons. The number of ketones is 1. The van der Waals surface area contributed by atoms with E-state index in [0.717, 1.165) is 16.7 Å². The average molecular weight is 740 g/mol. The molecule has 0 spiro atoms. The summed E-state index contributed by atoms with van der Waals surface area (Å²) in [7, 11) is 0. The van der Waals surface area contributed by atoms with E-state index in [4.69, 9.17) is 4.74 Å². The van der Waals surface area contributed by atoms with Gasteiger partial charge in [-0.3, -0.25) is 14.4 Å². The van der Waals surface area contributed by atoms with Crippen LogP contribution < -0.4 is 15.4 Å². The Labute approximate surface area is 304 Å². The first-order valence-electron chi connectivity index (χ1n) is 17.3. The SMILES string of the molecule is CCc1ccccc1NC(=O)C1C(=O)CC(C)(O)C(C(=O)Nc2ccccc2CC)C1c1cc(Br)ccc1OCc1ccc(C(C)(C)C)cc1. The lowest BCUT2D eigenvalue weighted by Gasteiger charge is -2.45. The van der Waals surface area contributed by atoms with Crippen molar-refractivity contribution in [3.63, 3.8) is 0 Å². The standard InChI is InChI=1S/C42H47BrN2O5/c1-7-27-13-9-11-15-32(27)44-39(47)37-34(46)24-42(6,49)38(40(48)45-33-16-12-10-14-28(33)8-2)36(37)31-23-30(43)21-22-35(31)50-25-26-17-19-29(20-18-26)41(3,4)5/h9-23,36-38,49H,7-8,24-25H2,1-6H3,(H,44,47)(H,45,48). The first-order chi connectivity index (χ1) is 23.7. The number of halogens is 1. The summed E-state index contributed by atoms with van der Waals surface area (Å²) in [5.74, 6) is -4.60. The molecular weight excluding hydrogens is 692 g/mol. The minimum atomic E-state index is -1.77. The zero-order valence-electron chi connectivity index (χ0n) is 29.7. The number of Topliss-reactive ketones (excluding diaryl/α,β-unsaturated/α-hetero) is 1. The number of amides is 2. The Morgan fingerprint density at radius 1 is 0.860 bits per heavy atom. The Kier molecular flexibility index (Phi) is 11.3. The largest absolute Gasteiger partial charge is 0.489 e. The van der Waals surface area contributed by atoms with E-state index in [0.29, 0.717) is 40.0 Å². The van der Waals surface area contributed by atoms with Gasteiger partial charge in [0.15, 0.2) is 0 Å². The Morgan fingerprint density at radius 2 is 1.42 bits per heavy atom. The molecule has 1 aliphatic carbocycles. The highest BCUT2D eigenvalue weighted by atomic mass is 79.9. The fourth-order valence-corrected chi connectivity index (χ4v) is 7.34. The van der Waals surface area contributed by atoms with Crippen LogP contribution in [0.5, 0.6) is 5.75 Å². The summed E-state index contributed by atoms with van der Waals surface area (Å²) < 4.78 is 7.13. The molecule has 7 nitrogen and oxygen atoms in total. The summed E-state index contributed by atoms with van der Waals surface area (Å²) in [4.78, 5) is 42.9. The van der Waals surface area contributed by atoms with Gasteiger partial charge in [0.1, 0.15) is 24.1 Å². The summed E-state index contributed by atoms with van der Waals surface area (Å²) in [6, 6.07) is 28.6. The van der Waals surface area contributed by atoms with E-state index in [-0.39, 0.29) is 18.4 Å². The quantitative estimate of drug-likeness (QED) is 0.141. The van der Waals surface area contributed by atoms with E-state index in [1.807, 2.05) is 74.5 Å². The van der Waals surface area contributed by atoms with Crippen molar-refractivity contribution in [2.45, 2.75) is 84.3 Å². The summed E-state index contributed by atoms with van der Waals surface area (Å²) in [5.41, 5.74) is 3.92. The van der Waals surface area contributed by atoms with Crippen LogP contribution in [0, 0.1) is 11.8 Å². The molecule has 0 radical (unpaired) electrons. The van der Waals surface area contributed by atoms with Crippen LogP contribution in [0.2, 0.25) is 0 Å². The minimum Gasteiger partial charge on any atom is -0.489 e. The van der Waals surface area contributed by atoms with Gasteiger partial charge in [-0.25, -0.2) is 0 Å². The maximum Gasteiger partial charge on any atom is 0.235 e. The maximum atomic E-state index is 14.5. The molecule has 1 fully saturated rings. The number of aliphatic hydroxyl groups is 1. The van der Waals surface area contributed by atoms with Gasteiger partial charge in [0.05, 0.1) is 11.5 Å². The van der Waals surface area contributed by atoms with E-state index < -0.39 is 41.0 Å². The number of ether oxygens (including phenoxy) is 1. The van der Waals surface area contributed by atoms with Crippen LogP contribution in [-0.4, -0.2) is 28.3 Å². The van der Waals surface area contributed by atoms with Gasteiger partial charge in [-0.15, -0.1) is 0 Å². The Balaban J connectivity index is 1.60. The number of hydrogen-bond acceptors (Lipinski definition) is 5. The first-order valence-corrected chi connectivity index (χ1v) is 18.1. The number of aryl methyl sites for hydroxylation is 2. The molecule has 4 aromatic carbocycles. The smallest absolute Gasteiger partial charge is 0.235 e. The van der Waals surface area contributed by atoms with Crippen LogP contribution in [0.4, 0.5) is 11.4 Å². The molecule has 0 aliphatic heterocycles. The Hall–Kier alpha value is -4.27. The first kappa shape index (κ1) is 37.0. The van der Waals surface area contributed by atoms with Crippen LogP contribution in [0.1, 0.15) is 81.7 Å². The molecule has 0 aromatic heterocycles. The Morgan fingerprint density at radius 3 is 1.98 bits per heavy atom. The second-order valence-corrected chi connectivity index (χ2v) is 15.3. The molecule has 50 heavy (non-hydrogen) atoms. The average Bonchev–Trinajstić information content (AvgIpc) is 3.07. The molecular formula is C42H47BrN2O5. The van der Waals surface area contributed by atoms with Gasteiger partial charge in [-0.05, 0) is 77.8 Å². The second kappa shape index (κ2) is 15.3. The predicted octanol–water partition coefficient (Wildman–Crippen LogP) is 8.77. The highest BCUT2D eigenvalue weighted by Gasteiger charge is 2.56. The molecule has 1 aliphatic rings. The van der Waals surface area contributed by atoms with Crippen molar-refractivity contribution in [1.29, 1.82) is 0 Å². The molecule has 2 amide bonds. The number of rotatable bonds is 10. The van der Waals surface area contributed by atoms with Crippen molar-refractivity contribution < 1.29 is 24.2 Å². The number of nitrogens with one attached hydrogen (secondary N) is 2. The summed E-state index contributed by atoms with van der Waals surface area (Å²) in [6.45, 7) is 12.2. The van der Waals surface area contributed by atoms with Crippen molar-refractivity contribution in [2.24, 2.45) is 11.8 Å². The number of carbonyl (C=O) groups excluding carboxylic acids is 3. The molecule has 5 rings (SSSR count). The summed E-state index contributed by atoms with van der Waals surface area (Å²) in [6.07, 6.45) is 0.992. The number of carbonyl (C=O) groups is 3. The minimum absolute atomic E-state index is 0.00316. The summed E-state index contributed by atoms with van der Waals surface area (Å²) >= 11 is 3.58. The highest BCUT2D eigenvalue weighted by Crippen LogP contribution is 2.49. The van der Waals surface area contributed by atoms with Crippen LogP contribution >= 0.6 is 15.9 Å². The van der Waals surface area contributed by atoms with Crippen LogP contribution in [0.25, 0.3) is 0 Å². The molecule has 0 saturated heterocycles. The normalized spacial score (nSPS) is 20.6. The topological polar surface area (TPSA) is 105 Å². The van der Waals surface area contributed by atoms with Crippen molar-refractivity contribution in [2.75, 3.05) is 10.6 Å².